The lowest BCUT2D eigenvalue weighted by Crippen LogP contribution is -2.50. The van der Waals surface area contributed by atoms with Gasteiger partial charge < -0.3 is 15.9 Å². The first-order chi connectivity index (χ1) is 14.1. The zero-order chi connectivity index (χ0) is 23.8. The van der Waals surface area contributed by atoms with E-state index in [1.807, 2.05) is 0 Å². The first-order valence-electron chi connectivity index (χ1n) is 9.02. The molecule has 10 nitrogen and oxygen atoms in total. The van der Waals surface area contributed by atoms with Crippen molar-refractivity contribution in [1.29, 1.82) is 0 Å². The molecule has 1 aliphatic heterocycles. The van der Waals surface area contributed by atoms with Gasteiger partial charge in [0.25, 0.3) is 0 Å². The Morgan fingerprint density at radius 3 is 2.10 bits per heavy atom. The fourth-order valence-electron chi connectivity index (χ4n) is 3.14. The molecule has 1 aliphatic rings. The Hall–Kier alpha value is -2.42. The van der Waals surface area contributed by atoms with E-state index in [1.165, 1.54) is 25.6 Å². The summed E-state index contributed by atoms with van der Waals surface area (Å²) in [5.41, 5.74) is 5.60. The molecule has 0 atom stereocenters. The van der Waals surface area contributed by atoms with Crippen LogP contribution in [0.4, 0.5) is 13.2 Å². The van der Waals surface area contributed by atoms with Gasteiger partial charge in [-0.2, -0.15) is 17.5 Å². The minimum atomic E-state index is -5.08. The molecule has 14 heteroatoms. The molecule has 2 aromatic rings. The molecule has 0 amide bonds. The first-order valence-corrected chi connectivity index (χ1v) is 10.5. The number of halogens is 3. The lowest BCUT2D eigenvalue weighted by molar-refractivity contribution is -0.192. The van der Waals surface area contributed by atoms with E-state index in [4.69, 9.17) is 15.6 Å². The van der Waals surface area contributed by atoms with Crippen LogP contribution in [0.25, 0.3) is 11.0 Å². The van der Waals surface area contributed by atoms with E-state index in [1.54, 1.807) is 20.2 Å². The van der Waals surface area contributed by atoms with Crippen LogP contribution in [0.3, 0.4) is 0 Å². The zero-order valence-electron chi connectivity index (χ0n) is 16.8. The lowest BCUT2D eigenvalue weighted by atomic mass is 9.93. The monoisotopic (exact) mass is 468 g/mol. The van der Waals surface area contributed by atoms with Gasteiger partial charge in [0.2, 0.25) is 10.0 Å². The normalized spacial score (nSPS) is 17.3. The topological polar surface area (TPSA) is 148 Å². The highest BCUT2D eigenvalue weighted by Crippen LogP contribution is 2.27. The summed E-state index contributed by atoms with van der Waals surface area (Å²) in [6.07, 6.45) is -4.45. The quantitative estimate of drug-likeness (QED) is 0.574. The summed E-state index contributed by atoms with van der Waals surface area (Å²) in [4.78, 5) is 21.0. The number of carboxylic acid groups (broad SMARTS) is 1. The minimum Gasteiger partial charge on any atom is -0.475 e. The van der Waals surface area contributed by atoms with E-state index >= 15 is 0 Å². The van der Waals surface area contributed by atoms with Crippen molar-refractivity contribution in [2.75, 3.05) is 19.6 Å². The summed E-state index contributed by atoms with van der Waals surface area (Å²) in [6, 6.07) is 4.68. The van der Waals surface area contributed by atoms with Crippen LogP contribution in [0.2, 0.25) is 0 Å². The van der Waals surface area contributed by atoms with Crippen molar-refractivity contribution in [2.45, 2.75) is 29.5 Å². The van der Waals surface area contributed by atoms with Crippen molar-refractivity contribution >= 4 is 27.0 Å². The molecule has 4 N–H and O–H groups in total. The molecule has 0 saturated carbocycles. The Bertz CT molecular complexity index is 1130. The molecule has 2 heterocycles. The summed E-state index contributed by atoms with van der Waals surface area (Å²) in [6.45, 7) is 0.572. The maximum atomic E-state index is 12.9. The largest absolute Gasteiger partial charge is 0.490 e. The third-order valence-corrected chi connectivity index (χ3v) is 7.05. The Balaban J connectivity index is 0.000000423. The van der Waals surface area contributed by atoms with Crippen LogP contribution < -0.4 is 11.4 Å². The fraction of sp³-hybridized carbons (Fsp3) is 0.529. The van der Waals surface area contributed by atoms with Crippen molar-refractivity contribution in [3.05, 3.63) is 28.7 Å². The number of benzene rings is 1. The molecule has 1 saturated heterocycles. The highest BCUT2D eigenvalue weighted by molar-refractivity contribution is 7.89. The minimum absolute atomic E-state index is 0.124. The van der Waals surface area contributed by atoms with Gasteiger partial charge in [-0.1, -0.05) is 0 Å². The van der Waals surface area contributed by atoms with Gasteiger partial charge in [0.15, 0.2) is 0 Å². The van der Waals surface area contributed by atoms with Gasteiger partial charge in [0.1, 0.15) is 0 Å². The van der Waals surface area contributed by atoms with Crippen LogP contribution in [-0.4, -0.2) is 69.5 Å². The van der Waals surface area contributed by atoms with Crippen LogP contribution in [-0.2, 0) is 28.9 Å². The number of fused-ring (bicyclic) bond motifs is 1. The summed E-state index contributed by atoms with van der Waals surface area (Å²) < 4.78 is 61.7. The molecule has 174 valence electrons. The summed E-state index contributed by atoms with van der Waals surface area (Å²) in [5, 5.41) is 17.3. The maximum Gasteiger partial charge on any atom is 0.490 e. The Morgan fingerprint density at radius 1 is 1.16 bits per heavy atom. The number of imidazole rings is 1. The van der Waals surface area contributed by atoms with E-state index in [9.17, 15) is 31.5 Å². The predicted octanol–water partition coefficient (Wildman–Crippen LogP) is -0.0154. The fourth-order valence-corrected chi connectivity index (χ4v) is 4.61. The van der Waals surface area contributed by atoms with Gasteiger partial charge in [0.05, 0.1) is 21.5 Å². The van der Waals surface area contributed by atoms with Crippen LogP contribution in [0.5, 0.6) is 0 Å². The maximum absolute atomic E-state index is 12.9. The number of nitrogens with two attached hydrogens (primary N) is 1. The van der Waals surface area contributed by atoms with Crippen molar-refractivity contribution in [1.82, 2.24) is 13.4 Å². The number of aliphatic carboxylic acids is 1. The summed E-state index contributed by atoms with van der Waals surface area (Å²) in [5.74, 6) is -2.76. The Morgan fingerprint density at radius 2 is 1.65 bits per heavy atom. The molecule has 1 fully saturated rings. The second-order valence-corrected chi connectivity index (χ2v) is 9.12. The smallest absolute Gasteiger partial charge is 0.475 e. The predicted molar refractivity (Wildman–Crippen MR) is 104 cm³/mol. The van der Waals surface area contributed by atoms with E-state index in [0.717, 1.165) is 0 Å². The van der Waals surface area contributed by atoms with Crippen LogP contribution in [0, 0.1) is 0 Å². The number of carboxylic acids is 1. The molecule has 0 spiro atoms. The van der Waals surface area contributed by atoms with Crippen LogP contribution in [0.1, 0.15) is 12.8 Å². The number of aromatic nitrogens is 2. The number of hydrogen-bond acceptors (Lipinski definition) is 6. The molecule has 0 bridgehead atoms. The van der Waals surface area contributed by atoms with Crippen molar-refractivity contribution in [3.8, 4) is 0 Å². The number of aryl methyl sites for hydroxylation is 2. The molecule has 1 aromatic carbocycles. The first kappa shape index (κ1) is 24.8. The van der Waals surface area contributed by atoms with Gasteiger partial charge in [-0.05, 0) is 31.0 Å². The standard InChI is InChI=1S/C15H22N4O4S.C2HF3O2/c1-17-12-4-3-11(9-13(12)18(2)14(17)20)24(22,23)19-7-5-15(21,10-16)6-8-19;3-2(4,5)1(6)7/h3-4,9,21H,5-8,10,16H2,1-2H3;(H,6,7). The molecule has 3 rings (SSSR count). The summed E-state index contributed by atoms with van der Waals surface area (Å²) in [7, 11) is -0.411. The highest BCUT2D eigenvalue weighted by atomic mass is 32.2. The second-order valence-electron chi connectivity index (χ2n) is 7.19. The molecule has 0 radical (unpaired) electrons. The third-order valence-electron chi connectivity index (χ3n) is 5.16. The molecule has 1 aromatic heterocycles. The van der Waals surface area contributed by atoms with Crippen LogP contribution in [0.15, 0.2) is 27.9 Å². The van der Waals surface area contributed by atoms with Gasteiger partial charge in [-0.25, -0.2) is 18.0 Å². The lowest BCUT2D eigenvalue weighted by Gasteiger charge is -2.36. The van der Waals surface area contributed by atoms with Gasteiger partial charge in [-0.15, -0.1) is 0 Å². The number of carbonyl (C=O) groups is 1. The Labute approximate surface area is 175 Å². The number of alkyl halides is 3. The van der Waals surface area contributed by atoms with Gasteiger partial charge in [0, 0.05) is 33.7 Å². The molecule has 31 heavy (non-hydrogen) atoms. The van der Waals surface area contributed by atoms with E-state index in [0.29, 0.717) is 23.9 Å². The van der Waals surface area contributed by atoms with Crippen molar-refractivity contribution < 1.29 is 36.6 Å². The average molecular weight is 468 g/mol. The molecular weight excluding hydrogens is 445 g/mol. The number of rotatable bonds is 3. The second kappa shape index (κ2) is 8.61. The highest BCUT2D eigenvalue weighted by Gasteiger charge is 2.38. The van der Waals surface area contributed by atoms with Gasteiger partial charge >= 0.3 is 17.8 Å². The third kappa shape index (κ3) is 5.08. The molecule has 0 unspecified atom stereocenters. The molecule has 0 aliphatic carbocycles. The number of sulfonamides is 1. The van der Waals surface area contributed by atoms with E-state index in [-0.39, 0.29) is 30.2 Å². The Kier molecular flexibility index (Phi) is 6.90. The number of nitrogens with zero attached hydrogens (tertiary/aromatic N) is 3. The molecular formula is C17H23F3N4O6S. The summed E-state index contributed by atoms with van der Waals surface area (Å²) >= 11 is 0. The number of hydrogen-bond donors (Lipinski definition) is 3. The SMILES string of the molecule is Cn1c(=O)n(C)c2cc(S(=O)(=O)N3CCC(O)(CN)CC3)ccc21.O=C(O)C(F)(F)F. The number of piperidine rings is 1. The zero-order valence-corrected chi connectivity index (χ0v) is 17.6. The van der Waals surface area contributed by atoms with Crippen molar-refractivity contribution in [3.63, 3.8) is 0 Å². The van der Waals surface area contributed by atoms with Crippen molar-refractivity contribution in [2.24, 2.45) is 19.8 Å². The average Bonchev–Trinajstić information content (AvgIpc) is 2.92. The van der Waals surface area contributed by atoms with Crippen LogP contribution >= 0.6 is 0 Å². The van der Waals surface area contributed by atoms with E-state index in [2.05, 4.69) is 0 Å². The van der Waals surface area contributed by atoms with Gasteiger partial charge in [-0.3, -0.25) is 9.13 Å². The van der Waals surface area contributed by atoms with E-state index < -0.39 is 27.8 Å². The number of aliphatic hydroxyl groups is 1.